The molecule has 0 radical (unpaired) electrons. The molecule has 0 aliphatic carbocycles. The molecule has 9 nitrogen and oxygen atoms in total. The van der Waals surface area contributed by atoms with Crippen LogP contribution in [0.2, 0.25) is 0 Å². The molecule has 0 bridgehead atoms. The first-order valence-electron chi connectivity index (χ1n) is 10.9. The minimum Gasteiger partial charge on any atom is -0.497 e. The van der Waals surface area contributed by atoms with Crippen LogP contribution in [0.25, 0.3) is 10.9 Å². The van der Waals surface area contributed by atoms with Gasteiger partial charge >= 0.3 is 0 Å². The van der Waals surface area contributed by atoms with Crippen LogP contribution in [-0.2, 0) is 26.2 Å². The Labute approximate surface area is 195 Å². The SMILES string of the molecule is COc1ccc2cc(CN(Cc3ccco3)Cc3nnnn3Cc3ccccc3)c(=O)[nH]c2c1. The van der Waals surface area contributed by atoms with Crippen LogP contribution in [-0.4, -0.2) is 37.2 Å². The number of rotatable bonds is 9. The van der Waals surface area contributed by atoms with Gasteiger partial charge in [-0.25, -0.2) is 4.68 Å². The number of hydrogen-bond donors (Lipinski definition) is 1. The molecule has 0 aliphatic heterocycles. The van der Waals surface area contributed by atoms with Crippen LogP contribution in [0.15, 0.2) is 82.2 Å². The van der Waals surface area contributed by atoms with E-state index < -0.39 is 0 Å². The average molecular weight is 457 g/mol. The molecule has 9 heteroatoms. The van der Waals surface area contributed by atoms with E-state index in [1.54, 1.807) is 18.1 Å². The Bertz CT molecular complexity index is 1430. The van der Waals surface area contributed by atoms with E-state index in [2.05, 4.69) is 25.4 Å². The highest BCUT2D eigenvalue weighted by atomic mass is 16.5. The third-order valence-electron chi connectivity index (χ3n) is 5.63. The minimum atomic E-state index is -0.144. The van der Waals surface area contributed by atoms with Crippen LogP contribution < -0.4 is 10.3 Å². The van der Waals surface area contributed by atoms with E-state index in [9.17, 15) is 4.79 Å². The average Bonchev–Trinajstić information content (AvgIpc) is 3.52. The smallest absolute Gasteiger partial charge is 0.252 e. The van der Waals surface area contributed by atoms with Gasteiger partial charge in [0.1, 0.15) is 11.5 Å². The normalized spacial score (nSPS) is 11.4. The van der Waals surface area contributed by atoms with Crippen molar-refractivity contribution in [3.8, 4) is 5.75 Å². The van der Waals surface area contributed by atoms with E-state index in [0.717, 1.165) is 22.2 Å². The van der Waals surface area contributed by atoms with Gasteiger partial charge in [0.2, 0.25) is 0 Å². The number of nitrogens with zero attached hydrogens (tertiary/aromatic N) is 5. The molecule has 0 saturated heterocycles. The third kappa shape index (κ3) is 4.89. The summed E-state index contributed by atoms with van der Waals surface area (Å²) < 4.78 is 12.6. The highest BCUT2D eigenvalue weighted by Gasteiger charge is 2.17. The van der Waals surface area contributed by atoms with Crippen LogP contribution in [0.4, 0.5) is 0 Å². The maximum absolute atomic E-state index is 12.9. The lowest BCUT2D eigenvalue weighted by molar-refractivity contribution is 0.217. The lowest BCUT2D eigenvalue weighted by Crippen LogP contribution is -2.28. The first kappa shape index (κ1) is 21.6. The van der Waals surface area contributed by atoms with Gasteiger partial charge in [-0.05, 0) is 51.7 Å². The molecule has 0 atom stereocenters. The number of benzene rings is 2. The van der Waals surface area contributed by atoms with E-state index in [1.165, 1.54) is 0 Å². The molecule has 34 heavy (non-hydrogen) atoms. The van der Waals surface area contributed by atoms with Crippen LogP contribution in [0.3, 0.4) is 0 Å². The number of methoxy groups -OCH3 is 1. The number of nitrogens with one attached hydrogen (secondary N) is 1. The zero-order chi connectivity index (χ0) is 23.3. The zero-order valence-corrected chi connectivity index (χ0v) is 18.7. The Morgan fingerprint density at radius 1 is 1.03 bits per heavy atom. The van der Waals surface area contributed by atoms with E-state index in [1.807, 2.05) is 66.7 Å². The molecule has 172 valence electrons. The predicted molar refractivity (Wildman–Crippen MR) is 126 cm³/mol. The molecule has 0 fully saturated rings. The number of tetrazole rings is 1. The van der Waals surface area contributed by atoms with Crippen molar-refractivity contribution < 1.29 is 9.15 Å². The summed E-state index contributed by atoms with van der Waals surface area (Å²) in [6.07, 6.45) is 1.64. The summed E-state index contributed by atoms with van der Waals surface area (Å²) in [5, 5.41) is 13.2. The molecule has 3 heterocycles. The molecular weight excluding hydrogens is 432 g/mol. The molecule has 2 aromatic carbocycles. The van der Waals surface area contributed by atoms with E-state index >= 15 is 0 Å². The quantitative estimate of drug-likeness (QED) is 0.363. The second-order valence-corrected chi connectivity index (χ2v) is 8.04. The summed E-state index contributed by atoms with van der Waals surface area (Å²) in [4.78, 5) is 17.9. The van der Waals surface area contributed by atoms with Crippen molar-refractivity contribution in [2.45, 2.75) is 26.2 Å². The first-order chi connectivity index (χ1) is 16.7. The number of hydrogen-bond acceptors (Lipinski definition) is 7. The standard InChI is InChI=1S/C25H24N6O3/c1-33-21-10-9-19-12-20(25(32)26-23(19)13-21)15-30(16-22-8-5-11-34-22)17-24-27-28-29-31(24)14-18-6-3-2-4-7-18/h2-13H,14-17H2,1H3,(H,26,32). The van der Waals surface area contributed by atoms with Crippen molar-refractivity contribution in [2.24, 2.45) is 0 Å². The minimum absolute atomic E-state index is 0.144. The fourth-order valence-electron chi connectivity index (χ4n) is 3.92. The van der Waals surface area contributed by atoms with Crippen molar-refractivity contribution >= 4 is 10.9 Å². The molecule has 1 N–H and O–H groups in total. The van der Waals surface area contributed by atoms with E-state index in [0.29, 0.717) is 43.3 Å². The van der Waals surface area contributed by atoms with Gasteiger partial charge in [0.15, 0.2) is 5.82 Å². The second-order valence-electron chi connectivity index (χ2n) is 8.04. The molecule has 0 spiro atoms. The number of fused-ring (bicyclic) bond motifs is 1. The van der Waals surface area contributed by atoms with E-state index in [4.69, 9.17) is 9.15 Å². The number of aromatic amines is 1. The predicted octanol–water partition coefficient (Wildman–Crippen LogP) is 3.37. The van der Waals surface area contributed by atoms with Gasteiger partial charge < -0.3 is 14.1 Å². The molecular formula is C25H24N6O3. The fraction of sp³-hybridized carbons (Fsp3) is 0.200. The number of aromatic nitrogens is 5. The van der Waals surface area contributed by atoms with Crippen LogP contribution >= 0.6 is 0 Å². The number of pyridine rings is 1. The van der Waals surface area contributed by atoms with Gasteiger partial charge in [-0.3, -0.25) is 9.69 Å². The highest BCUT2D eigenvalue weighted by Crippen LogP contribution is 2.20. The van der Waals surface area contributed by atoms with Gasteiger partial charge in [0.05, 0.1) is 38.5 Å². The Morgan fingerprint density at radius 3 is 2.71 bits per heavy atom. The van der Waals surface area contributed by atoms with Crippen molar-refractivity contribution in [1.82, 2.24) is 30.1 Å². The second kappa shape index (κ2) is 9.72. The fourth-order valence-corrected chi connectivity index (χ4v) is 3.92. The summed E-state index contributed by atoms with van der Waals surface area (Å²) in [7, 11) is 1.60. The van der Waals surface area contributed by atoms with Crippen molar-refractivity contribution in [1.29, 1.82) is 0 Å². The van der Waals surface area contributed by atoms with Crippen molar-refractivity contribution in [3.05, 3.63) is 106 Å². The Hall–Kier alpha value is -4.24. The van der Waals surface area contributed by atoms with Gasteiger partial charge in [-0.15, -0.1) is 5.10 Å². The molecule has 0 unspecified atom stereocenters. The number of furan rings is 1. The largest absolute Gasteiger partial charge is 0.497 e. The monoisotopic (exact) mass is 456 g/mol. The summed E-state index contributed by atoms with van der Waals surface area (Å²) in [5.41, 5.74) is 2.34. The lowest BCUT2D eigenvalue weighted by Gasteiger charge is -2.20. The molecule has 0 aliphatic rings. The van der Waals surface area contributed by atoms with Crippen molar-refractivity contribution in [3.63, 3.8) is 0 Å². The topological polar surface area (TPSA) is 102 Å². The maximum atomic E-state index is 12.9. The summed E-state index contributed by atoms with van der Waals surface area (Å²) in [6.45, 7) is 1.91. The summed E-state index contributed by atoms with van der Waals surface area (Å²) >= 11 is 0. The number of H-pyrrole nitrogens is 1. The van der Waals surface area contributed by atoms with Crippen LogP contribution in [0.5, 0.6) is 5.75 Å². The number of ether oxygens (including phenoxy) is 1. The first-order valence-corrected chi connectivity index (χ1v) is 10.9. The molecule has 5 rings (SSSR count). The van der Waals surface area contributed by atoms with E-state index in [-0.39, 0.29) is 5.56 Å². The van der Waals surface area contributed by atoms with Gasteiger partial charge in [0, 0.05) is 18.2 Å². The van der Waals surface area contributed by atoms with Gasteiger partial charge in [-0.1, -0.05) is 30.3 Å². The van der Waals surface area contributed by atoms with Crippen LogP contribution in [0.1, 0.15) is 22.7 Å². The van der Waals surface area contributed by atoms with Crippen molar-refractivity contribution in [2.75, 3.05) is 7.11 Å². The summed E-state index contributed by atoms with van der Waals surface area (Å²) in [5.74, 6) is 2.20. The molecule has 3 aromatic heterocycles. The Balaban J connectivity index is 1.42. The highest BCUT2D eigenvalue weighted by molar-refractivity contribution is 5.80. The van der Waals surface area contributed by atoms with Crippen LogP contribution in [0, 0.1) is 0 Å². The molecule has 5 aromatic rings. The Morgan fingerprint density at radius 2 is 1.91 bits per heavy atom. The zero-order valence-electron chi connectivity index (χ0n) is 18.7. The summed E-state index contributed by atoms with van der Waals surface area (Å²) in [6, 6.07) is 21.3. The molecule has 0 saturated carbocycles. The Kier molecular flexibility index (Phi) is 6.17. The molecule has 0 amide bonds. The maximum Gasteiger partial charge on any atom is 0.252 e. The lowest BCUT2D eigenvalue weighted by atomic mass is 10.1. The van der Waals surface area contributed by atoms with Gasteiger partial charge in [0.25, 0.3) is 5.56 Å². The third-order valence-corrected chi connectivity index (χ3v) is 5.63. The van der Waals surface area contributed by atoms with Gasteiger partial charge in [-0.2, -0.15) is 0 Å².